The summed E-state index contributed by atoms with van der Waals surface area (Å²) in [5.41, 5.74) is 2.28. The number of ether oxygens (including phenoxy) is 1. The molecule has 5 atom stereocenters. The third-order valence-electron chi connectivity index (χ3n) is 4.36. The highest BCUT2D eigenvalue weighted by Crippen LogP contribution is 2.22. The zero-order valence-corrected chi connectivity index (χ0v) is 13.7. The van der Waals surface area contributed by atoms with Crippen LogP contribution in [0.25, 0.3) is 11.1 Å². The number of nitrogens with one attached hydrogen (secondary N) is 1. The third kappa shape index (κ3) is 3.72. The Morgan fingerprint density at radius 1 is 0.920 bits per heavy atom. The van der Waals surface area contributed by atoms with Gasteiger partial charge in [0.05, 0.1) is 6.10 Å². The molecule has 2 aromatic carbocycles. The Hall–Kier alpha value is -2.25. The minimum atomic E-state index is -1.41. The summed E-state index contributed by atoms with van der Waals surface area (Å²) in [7, 11) is 0. The minimum absolute atomic E-state index is 0.408. The molecule has 4 N–H and O–H groups in total. The van der Waals surface area contributed by atoms with Crippen molar-refractivity contribution in [2.24, 2.45) is 0 Å². The molecule has 1 saturated heterocycles. The first-order valence-electron chi connectivity index (χ1n) is 8.13. The van der Waals surface area contributed by atoms with E-state index in [9.17, 15) is 20.1 Å². The zero-order valence-electron chi connectivity index (χ0n) is 13.7. The van der Waals surface area contributed by atoms with Gasteiger partial charge in [-0.2, -0.15) is 0 Å². The highest BCUT2D eigenvalue weighted by atomic mass is 16.5. The molecule has 1 aliphatic heterocycles. The van der Waals surface area contributed by atoms with Crippen LogP contribution < -0.4 is 5.32 Å². The summed E-state index contributed by atoms with van der Waals surface area (Å²) in [6, 6.07) is 16.7. The van der Waals surface area contributed by atoms with E-state index in [0.717, 1.165) is 11.1 Å². The van der Waals surface area contributed by atoms with Crippen LogP contribution in [-0.4, -0.2) is 51.9 Å². The summed E-state index contributed by atoms with van der Waals surface area (Å²) < 4.78 is 5.40. The lowest BCUT2D eigenvalue weighted by molar-refractivity contribution is -0.221. The van der Waals surface area contributed by atoms with Crippen molar-refractivity contribution in [2.45, 2.75) is 37.6 Å². The van der Waals surface area contributed by atoms with Gasteiger partial charge in [0.15, 0.2) is 6.23 Å². The van der Waals surface area contributed by atoms with E-state index >= 15 is 0 Å². The second-order valence-corrected chi connectivity index (χ2v) is 6.15. The Labute approximate surface area is 145 Å². The number of hydrogen-bond acceptors (Lipinski definition) is 5. The van der Waals surface area contributed by atoms with Crippen molar-refractivity contribution in [3.05, 3.63) is 60.2 Å². The molecule has 0 spiro atoms. The molecular formula is C19H21NO5. The van der Waals surface area contributed by atoms with Gasteiger partial charge >= 0.3 is 0 Å². The highest BCUT2D eigenvalue weighted by Gasteiger charge is 2.42. The lowest BCUT2D eigenvalue weighted by atomic mass is 9.98. The average molecular weight is 343 g/mol. The molecule has 1 aliphatic rings. The number of amides is 1. The summed E-state index contributed by atoms with van der Waals surface area (Å²) in [6.45, 7) is 1.56. The molecule has 132 valence electrons. The number of carbonyl (C=O) groups is 1. The second kappa shape index (κ2) is 7.33. The van der Waals surface area contributed by atoms with Crippen molar-refractivity contribution < 1.29 is 24.9 Å². The molecule has 0 bridgehead atoms. The van der Waals surface area contributed by atoms with Crippen molar-refractivity contribution in [3.8, 4) is 11.1 Å². The van der Waals surface area contributed by atoms with Crippen LogP contribution in [0.2, 0.25) is 0 Å². The quantitative estimate of drug-likeness (QED) is 0.664. The monoisotopic (exact) mass is 343 g/mol. The van der Waals surface area contributed by atoms with Gasteiger partial charge in [0.25, 0.3) is 5.91 Å². The van der Waals surface area contributed by atoms with E-state index < -0.39 is 36.6 Å². The van der Waals surface area contributed by atoms with E-state index in [2.05, 4.69) is 5.32 Å². The number of aliphatic hydroxyl groups excluding tert-OH is 3. The Bertz CT molecular complexity index is 736. The van der Waals surface area contributed by atoms with E-state index in [4.69, 9.17) is 4.74 Å². The maximum atomic E-state index is 12.5. The molecule has 3 rings (SSSR count). The summed E-state index contributed by atoms with van der Waals surface area (Å²) in [4.78, 5) is 12.5. The van der Waals surface area contributed by atoms with Gasteiger partial charge in [-0.1, -0.05) is 42.5 Å². The van der Waals surface area contributed by atoms with Crippen LogP contribution in [0.15, 0.2) is 54.6 Å². The second-order valence-electron chi connectivity index (χ2n) is 6.15. The fourth-order valence-corrected chi connectivity index (χ4v) is 2.85. The SMILES string of the molecule is C[C@@H]1O[C@H](NC(=O)c2cccc(-c3ccccc3)c2)[C@@H](O)[C@H](O)[C@@H]1O. The van der Waals surface area contributed by atoms with Crippen LogP contribution in [0, 0.1) is 0 Å². The molecular weight excluding hydrogens is 322 g/mol. The molecule has 25 heavy (non-hydrogen) atoms. The fourth-order valence-electron chi connectivity index (χ4n) is 2.85. The van der Waals surface area contributed by atoms with Crippen molar-refractivity contribution in [1.82, 2.24) is 5.32 Å². The maximum absolute atomic E-state index is 12.5. The number of rotatable bonds is 3. The van der Waals surface area contributed by atoms with Gasteiger partial charge in [-0.05, 0) is 30.2 Å². The lowest BCUT2D eigenvalue weighted by Gasteiger charge is -2.39. The van der Waals surface area contributed by atoms with Gasteiger partial charge in [-0.15, -0.1) is 0 Å². The number of benzene rings is 2. The van der Waals surface area contributed by atoms with Gasteiger partial charge in [0, 0.05) is 5.56 Å². The van der Waals surface area contributed by atoms with Crippen molar-refractivity contribution in [2.75, 3.05) is 0 Å². The molecule has 2 aromatic rings. The van der Waals surface area contributed by atoms with Gasteiger partial charge in [0.2, 0.25) is 0 Å². The number of hydrogen-bond donors (Lipinski definition) is 4. The molecule has 0 unspecified atom stereocenters. The average Bonchev–Trinajstić information content (AvgIpc) is 2.65. The van der Waals surface area contributed by atoms with Crippen LogP contribution in [-0.2, 0) is 4.74 Å². The van der Waals surface area contributed by atoms with Crippen molar-refractivity contribution in [1.29, 1.82) is 0 Å². The lowest BCUT2D eigenvalue weighted by Crippen LogP contribution is -2.61. The Balaban J connectivity index is 1.76. The van der Waals surface area contributed by atoms with Crippen molar-refractivity contribution >= 4 is 5.91 Å². The van der Waals surface area contributed by atoms with Crippen LogP contribution in [0.1, 0.15) is 17.3 Å². The van der Waals surface area contributed by atoms with E-state index in [0.29, 0.717) is 5.56 Å². The molecule has 6 heteroatoms. The molecule has 0 aliphatic carbocycles. The van der Waals surface area contributed by atoms with Gasteiger partial charge in [0.1, 0.15) is 18.3 Å². The largest absolute Gasteiger partial charge is 0.388 e. The van der Waals surface area contributed by atoms with E-state index in [1.54, 1.807) is 25.1 Å². The normalized spacial score (nSPS) is 29.2. The predicted molar refractivity (Wildman–Crippen MR) is 91.7 cm³/mol. The number of aliphatic hydroxyl groups is 3. The first-order chi connectivity index (χ1) is 12.0. The first-order valence-corrected chi connectivity index (χ1v) is 8.13. The molecule has 0 saturated carbocycles. The van der Waals surface area contributed by atoms with E-state index in [-0.39, 0.29) is 0 Å². The van der Waals surface area contributed by atoms with Gasteiger partial charge < -0.3 is 25.4 Å². The summed E-state index contributed by atoms with van der Waals surface area (Å²) in [6.07, 6.45) is -5.80. The third-order valence-corrected chi connectivity index (χ3v) is 4.36. The molecule has 1 fully saturated rings. The number of carbonyl (C=O) groups excluding carboxylic acids is 1. The summed E-state index contributed by atoms with van der Waals surface area (Å²) in [5.74, 6) is -0.433. The summed E-state index contributed by atoms with van der Waals surface area (Å²) in [5, 5.41) is 32.1. The highest BCUT2D eigenvalue weighted by molar-refractivity contribution is 5.95. The fraction of sp³-hybridized carbons (Fsp3) is 0.316. The van der Waals surface area contributed by atoms with Crippen LogP contribution in [0.4, 0.5) is 0 Å². The van der Waals surface area contributed by atoms with E-state index in [1.807, 2.05) is 36.4 Å². The van der Waals surface area contributed by atoms with Gasteiger partial charge in [-0.25, -0.2) is 0 Å². The zero-order chi connectivity index (χ0) is 18.0. The first kappa shape index (κ1) is 17.6. The standard InChI is InChI=1S/C19H21NO5/c1-11-15(21)16(22)17(23)19(25-11)20-18(24)14-9-5-8-13(10-14)12-6-3-2-4-7-12/h2-11,15-17,19,21-23H,1H3,(H,20,24)/t11-,15+,16+,17-,19-/m0/s1. The van der Waals surface area contributed by atoms with Gasteiger partial charge in [-0.3, -0.25) is 4.79 Å². The smallest absolute Gasteiger partial charge is 0.253 e. The maximum Gasteiger partial charge on any atom is 0.253 e. The minimum Gasteiger partial charge on any atom is -0.388 e. The Kier molecular flexibility index (Phi) is 5.15. The van der Waals surface area contributed by atoms with Crippen LogP contribution in [0.3, 0.4) is 0 Å². The molecule has 0 aromatic heterocycles. The Morgan fingerprint density at radius 2 is 1.60 bits per heavy atom. The molecule has 0 radical (unpaired) electrons. The van der Waals surface area contributed by atoms with Crippen molar-refractivity contribution in [3.63, 3.8) is 0 Å². The topological polar surface area (TPSA) is 99.0 Å². The van der Waals surface area contributed by atoms with E-state index in [1.165, 1.54) is 0 Å². The van der Waals surface area contributed by atoms with Crippen LogP contribution >= 0.6 is 0 Å². The summed E-state index contributed by atoms with van der Waals surface area (Å²) >= 11 is 0. The molecule has 1 amide bonds. The van der Waals surface area contributed by atoms with Crippen LogP contribution in [0.5, 0.6) is 0 Å². The molecule has 6 nitrogen and oxygen atoms in total. The molecule has 1 heterocycles. The predicted octanol–water partition coefficient (Wildman–Crippen LogP) is 0.911. The Morgan fingerprint density at radius 3 is 2.32 bits per heavy atom.